The smallest absolute Gasteiger partial charge is 0.277 e. The van der Waals surface area contributed by atoms with Crippen molar-refractivity contribution in [3.8, 4) is 0 Å². The molecule has 0 aromatic carbocycles. The summed E-state index contributed by atoms with van der Waals surface area (Å²) in [6.07, 6.45) is 1.26. The number of halogens is 5. The summed E-state index contributed by atoms with van der Waals surface area (Å²) >= 11 is 5.56. The van der Waals surface area contributed by atoms with E-state index in [2.05, 4.69) is 4.98 Å². The lowest BCUT2D eigenvalue weighted by molar-refractivity contribution is 0.0118. The number of hydrogen-bond donors (Lipinski definition) is 2. The van der Waals surface area contributed by atoms with Crippen LogP contribution in [0.5, 0.6) is 0 Å². The van der Waals surface area contributed by atoms with Crippen LogP contribution in [0.15, 0.2) is 18.3 Å². The number of alkyl halides is 2. The molecule has 18 heavy (non-hydrogen) atoms. The van der Waals surface area contributed by atoms with Crippen molar-refractivity contribution < 1.29 is 13.6 Å². The Bertz CT molecular complexity index is 376. The van der Waals surface area contributed by atoms with Crippen molar-refractivity contribution >= 4 is 42.3 Å². The lowest BCUT2D eigenvalue weighted by Crippen LogP contribution is -2.41. The lowest BCUT2D eigenvalue weighted by atomic mass is 10.3. The number of hydrogen-bond acceptors (Lipinski definition) is 3. The second-order valence-electron chi connectivity index (χ2n) is 3.10. The molecule has 0 aliphatic carbocycles. The molecule has 4 nitrogen and oxygen atoms in total. The minimum atomic E-state index is -3.11. The second kappa shape index (κ2) is 8.42. The Hall–Kier alpha value is -0.690. The van der Waals surface area contributed by atoms with E-state index in [1.807, 2.05) is 5.32 Å². The van der Waals surface area contributed by atoms with E-state index in [4.69, 9.17) is 17.3 Å². The normalized spacial score (nSPS) is 10.0. The molecule has 0 fully saturated rings. The summed E-state index contributed by atoms with van der Waals surface area (Å²) in [4.78, 5) is 15.0. The zero-order valence-corrected chi connectivity index (χ0v) is 11.4. The standard InChI is InChI=1S/C9H10ClF2N3O.2ClH/c10-6-1-2-7(14-3-6)8(16)15-5-9(11,12)4-13;;/h1-3H,4-5,13H2,(H,15,16);2*1H. The number of carbonyl (C=O) groups excluding carboxylic acids is 1. The average Bonchev–Trinajstić information content (AvgIpc) is 2.27. The van der Waals surface area contributed by atoms with Gasteiger partial charge in [0.05, 0.1) is 18.1 Å². The lowest BCUT2D eigenvalue weighted by Gasteiger charge is -2.14. The van der Waals surface area contributed by atoms with Crippen LogP contribution in [-0.2, 0) is 0 Å². The molecular formula is C9H12Cl3F2N3O. The Kier molecular flexibility index (Phi) is 9.19. The molecule has 1 aromatic rings. The number of nitrogens with one attached hydrogen (secondary N) is 1. The van der Waals surface area contributed by atoms with Gasteiger partial charge >= 0.3 is 0 Å². The third-order valence-corrected chi connectivity index (χ3v) is 1.99. The number of amides is 1. The molecule has 0 saturated heterocycles. The Morgan fingerprint density at radius 3 is 2.50 bits per heavy atom. The van der Waals surface area contributed by atoms with E-state index in [9.17, 15) is 13.6 Å². The van der Waals surface area contributed by atoms with Gasteiger partial charge < -0.3 is 11.1 Å². The van der Waals surface area contributed by atoms with Gasteiger partial charge in [0.1, 0.15) is 5.69 Å². The Balaban J connectivity index is 0. The SMILES string of the molecule is Cl.Cl.NCC(F)(F)CNC(=O)c1ccc(Cl)cn1. The zero-order valence-electron chi connectivity index (χ0n) is 9.03. The number of nitrogens with zero attached hydrogens (tertiary/aromatic N) is 1. The van der Waals surface area contributed by atoms with Crippen LogP contribution < -0.4 is 11.1 Å². The fourth-order valence-electron chi connectivity index (χ4n) is 0.882. The van der Waals surface area contributed by atoms with Crippen molar-refractivity contribution in [2.45, 2.75) is 5.92 Å². The molecule has 0 spiro atoms. The van der Waals surface area contributed by atoms with Crippen LogP contribution in [0.1, 0.15) is 10.5 Å². The molecule has 0 aliphatic rings. The molecule has 1 heterocycles. The first-order valence-electron chi connectivity index (χ1n) is 4.42. The third-order valence-electron chi connectivity index (χ3n) is 1.77. The molecule has 0 bridgehead atoms. The summed E-state index contributed by atoms with van der Waals surface area (Å²) in [5, 5.41) is 2.40. The minimum Gasteiger partial charge on any atom is -0.345 e. The highest BCUT2D eigenvalue weighted by Crippen LogP contribution is 2.10. The predicted molar refractivity (Wildman–Crippen MR) is 70.1 cm³/mol. The molecular weight excluding hydrogens is 310 g/mol. The van der Waals surface area contributed by atoms with Gasteiger partial charge in [-0.15, -0.1) is 24.8 Å². The summed E-state index contributed by atoms with van der Waals surface area (Å²) in [5.41, 5.74) is 4.84. The van der Waals surface area contributed by atoms with Crippen LogP contribution in [0, 0.1) is 0 Å². The van der Waals surface area contributed by atoms with E-state index in [1.54, 1.807) is 0 Å². The first-order chi connectivity index (χ1) is 7.44. The average molecular weight is 323 g/mol. The van der Waals surface area contributed by atoms with Gasteiger partial charge in [-0.25, -0.2) is 13.8 Å². The van der Waals surface area contributed by atoms with Crippen LogP contribution >= 0.6 is 36.4 Å². The van der Waals surface area contributed by atoms with E-state index in [0.29, 0.717) is 5.02 Å². The van der Waals surface area contributed by atoms with Gasteiger partial charge in [-0.05, 0) is 12.1 Å². The van der Waals surface area contributed by atoms with E-state index in [1.165, 1.54) is 18.3 Å². The first-order valence-corrected chi connectivity index (χ1v) is 4.80. The molecule has 0 atom stereocenters. The maximum absolute atomic E-state index is 12.7. The maximum atomic E-state index is 12.7. The van der Waals surface area contributed by atoms with Gasteiger partial charge in [0.25, 0.3) is 11.8 Å². The summed E-state index contributed by atoms with van der Waals surface area (Å²) in [6.45, 7) is -1.63. The molecule has 0 saturated carbocycles. The molecule has 0 aliphatic heterocycles. The zero-order chi connectivity index (χ0) is 12.2. The Morgan fingerprint density at radius 2 is 2.06 bits per heavy atom. The molecule has 9 heteroatoms. The van der Waals surface area contributed by atoms with E-state index >= 15 is 0 Å². The van der Waals surface area contributed by atoms with Crippen LogP contribution in [-0.4, -0.2) is 29.9 Å². The van der Waals surface area contributed by atoms with Crippen LogP contribution in [0.4, 0.5) is 8.78 Å². The molecule has 104 valence electrons. The maximum Gasteiger partial charge on any atom is 0.277 e. The third kappa shape index (κ3) is 6.30. The topological polar surface area (TPSA) is 68.0 Å². The molecule has 1 rings (SSSR count). The molecule has 3 N–H and O–H groups in total. The van der Waals surface area contributed by atoms with Crippen molar-refractivity contribution in [3.05, 3.63) is 29.0 Å². The van der Waals surface area contributed by atoms with Crippen LogP contribution in [0.3, 0.4) is 0 Å². The van der Waals surface area contributed by atoms with Crippen molar-refractivity contribution in [2.75, 3.05) is 13.1 Å². The molecule has 0 unspecified atom stereocenters. The van der Waals surface area contributed by atoms with Crippen LogP contribution in [0.25, 0.3) is 0 Å². The van der Waals surface area contributed by atoms with Crippen molar-refractivity contribution in [3.63, 3.8) is 0 Å². The number of rotatable bonds is 4. The van der Waals surface area contributed by atoms with Crippen LogP contribution in [0.2, 0.25) is 5.02 Å². The molecule has 0 radical (unpaired) electrons. The van der Waals surface area contributed by atoms with Crippen molar-refractivity contribution in [2.24, 2.45) is 5.73 Å². The van der Waals surface area contributed by atoms with Gasteiger partial charge in [0.15, 0.2) is 0 Å². The highest BCUT2D eigenvalue weighted by atomic mass is 35.5. The number of pyridine rings is 1. The molecule has 1 amide bonds. The van der Waals surface area contributed by atoms with Gasteiger partial charge in [0.2, 0.25) is 0 Å². The number of carbonyl (C=O) groups is 1. The predicted octanol–water partition coefficient (Wildman–Crippen LogP) is 1.90. The van der Waals surface area contributed by atoms with Gasteiger partial charge in [-0.3, -0.25) is 4.79 Å². The van der Waals surface area contributed by atoms with Crippen molar-refractivity contribution in [1.82, 2.24) is 10.3 Å². The van der Waals surface area contributed by atoms with Crippen molar-refractivity contribution in [1.29, 1.82) is 0 Å². The monoisotopic (exact) mass is 321 g/mol. The van der Waals surface area contributed by atoms with E-state index in [0.717, 1.165) is 0 Å². The van der Waals surface area contributed by atoms with Gasteiger partial charge in [0, 0.05) is 6.20 Å². The number of aromatic nitrogens is 1. The summed E-state index contributed by atoms with van der Waals surface area (Å²) in [7, 11) is 0. The highest BCUT2D eigenvalue weighted by molar-refractivity contribution is 6.30. The highest BCUT2D eigenvalue weighted by Gasteiger charge is 2.27. The summed E-state index contributed by atoms with van der Waals surface area (Å²) < 4.78 is 25.4. The van der Waals surface area contributed by atoms with Gasteiger partial charge in [-0.2, -0.15) is 0 Å². The summed E-state index contributed by atoms with van der Waals surface area (Å²) in [6, 6.07) is 2.79. The fourth-order valence-corrected chi connectivity index (χ4v) is 0.994. The minimum absolute atomic E-state index is 0. The first kappa shape index (κ1) is 19.6. The second-order valence-corrected chi connectivity index (χ2v) is 3.54. The van der Waals surface area contributed by atoms with E-state index < -0.39 is 24.9 Å². The quantitative estimate of drug-likeness (QED) is 0.889. The number of nitrogens with two attached hydrogens (primary N) is 1. The van der Waals surface area contributed by atoms with E-state index in [-0.39, 0.29) is 30.5 Å². The Labute approximate surface area is 120 Å². The molecule has 1 aromatic heterocycles. The largest absolute Gasteiger partial charge is 0.345 e. The fraction of sp³-hybridized carbons (Fsp3) is 0.333. The summed E-state index contributed by atoms with van der Waals surface area (Å²) in [5.74, 6) is -3.80. The van der Waals surface area contributed by atoms with Gasteiger partial charge in [-0.1, -0.05) is 11.6 Å². The Morgan fingerprint density at radius 1 is 1.44 bits per heavy atom.